The zero-order chi connectivity index (χ0) is 28.4. The van der Waals surface area contributed by atoms with Crippen molar-refractivity contribution in [2.75, 3.05) is 11.1 Å². The van der Waals surface area contributed by atoms with Gasteiger partial charge < -0.3 is 5.32 Å². The van der Waals surface area contributed by atoms with E-state index in [1.54, 1.807) is 42.1 Å². The minimum absolute atomic E-state index is 0.134. The van der Waals surface area contributed by atoms with E-state index in [0.717, 1.165) is 23.0 Å². The van der Waals surface area contributed by atoms with E-state index in [1.807, 2.05) is 12.1 Å². The highest BCUT2D eigenvalue weighted by Gasteiger charge is 2.35. The first-order valence-electron chi connectivity index (χ1n) is 11.6. The SMILES string of the molecule is Cc1nn(Cc2ccc(Cl)cc2)c(C)c1NC(=O)CCCS(=O)(=O)c1nc(-c2cccs2)cc(C(F)(F)F)n1. The second kappa shape index (κ2) is 11.4. The van der Waals surface area contributed by atoms with E-state index in [1.165, 1.54) is 6.07 Å². The number of benzene rings is 1. The first-order valence-corrected chi connectivity index (χ1v) is 14.6. The van der Waals surface area contributed by atoms with Crippen LogP contribution in [0, 0.1) is 13.8 Å². The number of nitrogens with zero attached hydrogens (tertiary/aromatic N) is 4. The topological polar surface area (TPSA) is 107 Å². The third-order valence-electron chi connectivity index (χ3n) is 5.76. The molecule has 0 aliphatic carbocycles. The van der Waals surface area contributed by atoms with Gasteiger partial charge in [0, 0.05) is 11.4 Å². The second-order valence-electron chi connectivity index (χ2n) is 8.70. The van der Waals surface area contributed by atoms with Gasteiger partial charge >= 0.3 is 6.18 Å². The van der Waals surface area contributed by atoms with E-state index in [-0.39, 0.29) is 18.5 Å². The Morgan fingerprint density at radius 2 is 1.85 bits per heavy atom. The lowest BCUT2D eigenvalue weighted by molar-refractivity contribution is -0.141. The Morgan fingerprint density at radius 1 is 1.13 bits per heavy atom. The molecular formula is C25H23ClF3N5O3S2. The Hall–Kier alpha value is -3.29. The molecule has 0 spiro atoms. The van der Waals surface area contributed by atoms with Crippen LogP contribution in [-0.4, -0.2) is 39.8 Å². The summed E-state index contributed by atoms with van der Waals surface area (Å²) in [5.74, 6) is -1.05. The highest BCUT2D eigenvalue weighted by molar-refractivity contribution is 7.91. The van der Waals surface area contributed by atoms with Crippen LogP contribution >= 0.6 is 22.9 Å². The fourth-order valence-corrected chi connectivity index (χ4v) is 5.76. The van der Waals surface area contributed by atoms with Gasteiger partial charge in [-0.3, -0.25) is 9.48 Å². The molecule has 1 N–H and O–H groups in total. The van der Waals surface area contributed by atoms with Gasteiger partial charge in [-0.15, -0.1) is 11.3 Å². The third kappa shape index (κ3) is 7.02. The normalized spacial score (nSPS) is 12.1. The monoisotopic (exact) mass is 597 g/mol. The molecule has 4 rings (SSSR count). The van der Waals surface area contributed by atoms with E-state index in [9.17, 15) is 26.4 Å². The highest BCUT2D eigenvalue weighted by Crippen LogP contribution is 2.32. The van der Waals surface area contributed by atoms with Gasteiger partial charge in [0.15, 0.2) is 0 Å². The van der Waals surface area contributed by atoms with E-state index >= 15 is 0 Å². The number of aryl methyl sites for hydroxylation is 1. The van der Waals surface area contributed by atoms with Crippen LogP contribution in [0.4, 0.5) is 18.9 Å². The van der Waals surface area contributed by atoms with E-state index < -0.39 is 38.5 Å². The number of halogens is 4. The Kier molecular flexibility index (Phi) is 8.42. The number of aromatic nitrogens is 4. The van der Waals surface area contributed by atoms with E-state index in [0.29, 0.717) is 33.5 Å². The number of hydrogen-bond acceptors (Lipinski definition) is 7. The van der Waals surface area contributed by atoms with Crippen LogP contribution in [0.2, 0.25) is 5.02 Å². The number of carbonyl (C=O) groups excluding carboxylic acids is 1. The molecule has 1 aromatic carbocycles. The lowest BCUT2D eigenvalue weighted by atomic mass is 10.2. The van der Waals surface area contributed by atoms with Crippen LogP contribution < -0.4 is 5.32 Å². The molecule has 0 aliphatic rings. The molecule has 206 valence electrons. The number of hydrogen-bond donors (Lipinski definition) is 1. The van der Waals surface area contributed by atoms with E-state index in [4.69, 9.17) is 11.6 Å². The van der Waals surface area contributed by atoms with Gasteiger partial charge in [-0.1, -0.05) is 29.8 Å². The molecule has 39 heavy (non-hydrogen) atoms. The zero-order valence-corrected chi connectivity index (χ0v) is 23.2. The first kappa shape index (κ1) is 28.7. The number of carbonyl (C=O) groups is 1. The smallest absolute Gasteiger partial charge is 0.323 e. The number of amides is 1. The standard InChI is InChI=1S/C25H23ClF3N5O3S2/c1-15-23(16(2)34(33-15)14-17-7-9-18(26)10-8-17)32-22(35)6-4-12-39(36,37)24-30-19(20-5-3-11-38-20)13-21(31-24)25(27,28)29/h3,5,7-11,13H,4,6,12,14H2,1-2H3,(H,32,35). The molecule has 0 unspecified atom stereocenters. The van der Waals surface area contributed by atoms with Crippen LogP contribution in [0.3, 0.4) is 0 Å². The number of rotatable bonds is 9. The molecule has 0 radical (unpaired) electrons. The Balaban J connectivity index is 1.42. The number of sulfone groups is 1. The van der Waals surface area contributed by atoms with Gasteiger partial charge in [0.2, 0.25) is 20.9 Å². The zero-order valence-electron chi connectivity index (χ0n) is 20.8. The van der Waals surface area contributed by atoms with Gasteiger partial charge in [0.25, 0.3) is 0 Å². The van der Waals surface area contributed by atoms with Crippen LogP contribution in [0.15, 0.2) is 53.0 Å². The van der Waals surface area contributed by atoms with Crippen LogP contribution in [0.5, 0.6) is 0 Å². The van der Waals surface area contributed by atoms with Crippen LogP contribution in [0.25, 0.3) is 10.6 Å². The van der Waals surface area contributed by atoms with Crippen molar-refractivity contribution in [2.24, 2.45) is 0 Å². The van der Waals surface area contributed by atoms with Crippen molar-refractivity contribution in [2.45, 2.75) is 44.6 Å². The molecule has 14 heteroatoms. The fourth-order valence-electron chi connectivity index (χ4n) is 3.77. The molecule has 0 aliphatic heterocycles. The maximum atomic E-state index is 13.4. The van der Waals surface area contributed by atoms with Crippen LogP contribution in [-0.2, 0) is 27.4 Å². The van der Waals surface area contributed by atoms with Crippen molar-refractivity contribution in [1.29, 1.82) is 0 Å². The quantitative estimate of drug-likeness (QED) is 0.240. The number of alkyl halides is 3. The predicted octanol–water partition coefficient (Wildman–Crippen LogP) is 5.93. The van der Waals surface area contributed by atoms with Gasteiger partial charge in [-0.2, -0.15) is 18.3 Å². The minimum atomic E-state index is -4.85. The number of nitrogens with one attached hydrogen (secondary N) is 1. The number of thiophene rings is 1. The van der Waals surface area contributed by atoms with Crippen molar-refractivity contribution in [3.05, 3.63) is 75.5 Å². The van der Waals surface area contributed by atoms with Crippen molar-refractivity contribution in [1.82, 2.24) is 19.7 Å². The summed E-state index contributed by atoms with van der Waals surface area (Å²) in [6.07, 6.45) is -5.18. The van der Waals surface area contributed by atoms with Crippen LogP contribution in [0.1, 0.15) is 35.5 Å². The molecule has 1 amide bonds. The molecule has 0 saturated heterocycles. The molecular weight excluding hydrogens is 575 g/mol. The van der Waals surface area contributed by atoms with Gasteiger partial charge in [0.1, 0.15) is 5.69 Å². The maximum absolute atomic E-state index is 13.4. The first-order chi connectivity index (χ1) is 18.3. The summed E-state index contributed by atoms with van der Waals surface area (Å²) in [7, 11) is -4.30. The van der Waals surface area contributed by atoms with Crippen molar-refractivity contribution in [3.8, 4) is 10.6 Å². The van der Waals surface area contributed by atoms with Crippen molar-refractivity contribution in [3.63, 3.8) is 0 Å². The Bertz CT molecular complexity index is 1590. The largest absolute Gasteiger partial charge is 0.433 e. The molecule has 3 aromatic heterocycles. The summed E-state index contributed by atoms with van der Waals surface area (Å²) < 4.78 is 67.6. The second-order valence-corrected chi connectivity index (χ2v) is 12.1. The minimum Gasteiger partial charge on any atom is -0.323 e. The summed E-state index contributed by atoms with van der Waals surface area (Å²) in [5, 5.41) is 8.56. The fraction of sp³-hybridized carbons (Fsp3) is 0.280. The molecule has 3 heterocycles. The molecule has 0 bridgehead atoms. The average molecular weight is 598 g/mol. The maximum Gasteiger partial charge on any atom is 0.433 e. The van der Waals surface area contributed by atoms with E-state index in [2.05, 4.69) is 20.4 Å². The molecule has 0 fully saturated rings. The summed E-state index contributed by atoms with van der Waals surface area (Å²) in [6.45, 7) is 4.00. The third-order valence-corrected chi connectivity index (χ3v) is 8.47. The average Bonchev–Trinajstić information content (AvgIpc) is 3.50. The molecule has 0 saturated carbocycles. The molecule has 0 atom stereocenters. The summed E-state index contributed by atoms with van der Waals surface area (Å²) >= 11 is 7.06. The summed E-state index contributed by atoms with van der Waals surface area (Å²) in [5.41, 5.74) is 1.29. The van der Waals surface area contributed by atoms with Gasteiger partial charge in [-0.25, -0.2) is 18.4 Å². The molecule has 8 nitrogen and oxygen atoms in total. The van der Waals surface area contributed by atoms with Crippen molar-refractivity contribution < 1.29 is 26.4 Å². The lowest BCUT2D eigenvalue weighted by Crippen LogP contribution is -2.18. The predicted molar refractivity (Wildman–Crippen MR) is 143 cm³/mol. The molecule has 4 aromatic rings. The van der Waals surface area contributed by atoms with Gasteiger partial charge in [-0.05, 0) is 55.5 Å². The number of anilines is 1. The van der Waals surface area contributed by atoms with Crippen molar-refractivity contribution >= 4 is 44.4 Å². The summed E-state index contributed by atoms with van der Waals surface area (Å²) in [4.78, 5) is 20.1. The Morgan fingerprint density at radius 3 is 2.49 bits per heavy atom. The Labute approximate surface area is 231 Å². The summed E-state index contributed by atoms with van der Waals surface area (Å²) in [6, 6.07) is 11.2. The lowest BCUT2D eigenvalue weighted by Gasteiger charge is -2.10. The van der Waals surface area contributed by atoms with Gasteiger partial charge in [0.05, 0.1) is 39.9 Å². The highest BCUT2D eigenvalue weighted by atomic mass is 35.5.